The van der Waals surface area contributed by atoms with E-state index in [9.17, 15) is 13.2 Å². The van der Waals surface area contributed by atoms with Gasteiger partial charge >= 0.3 is 0 Å². The van der Waals surface area contributed by atoms with E-state index in [0.29, 0.717) is 56.7 Å². The number of carbonyl (C=O) groups is 1. The number of rotatable bonds is 4. The SMILES string of the molecule is CC(C)CC(=O)N1C[C@H]2CCCN(S(=O)(=O)c3ccc4c(c3)OCCO4)[C@H]2C1. The highest BCUT2D eigenvalue weighted by Gasteiger charge is 2.45. The van der Waals surface area contributed by atoms with Gasteiger partial charge in [-0.2, -0.15) is 4.31 Å². The van der Waals surface area contributed by atoms with E-state index < -0.39 is 10.0 Å². The van der Waals surface area contributed by atoms with Crippen LogP contribution in [0.15, 0.2) is 23.1 Å². The minimum atomic E-state index is -3.66. The molecule has 0 spiro atoms. The Hall–Kier alpha value is -1.80. The maximum Gasteiger partial charge on any atom is 0.243 e. The van der Waals surface area contributed by atoms with Crippen molar-refractivity contribution in [2.24, 2.45) is 11.8 Å². The summed E-state index contributed by atoms with van der Waals surface area (Å²) in [5.74, 6) is 1.68. The standard InChI is InChI=1S/C20H28N2O5S/c1-14(2)10-20(23)21-12-15-4-3-7-22(17(15)13-21)28(24,25)16-5-6-18-19(11-16)27-9-8-26-18/h5-6,11,14-15,17H,3-4,7-10,12-13H2,1-2H3/t15-,17+/m1/s1. The highest BCUT2D eigenvalue weighted by atomic mass is 32.2. The summed E-state index contributed by atoms with van der Waals surface area (Å²) in [5, 5.41) is 0. The van der Waals surface area contributed by atoms with E-state index in [4.69, 9.17) is 9.47 Å². The zero-order chi connectivity index (χ0) is 19.9. The Morgan fingerprint density at radius 1 is 1.18 bits per heavy atom. The van der Waals surface area contributed by atoms with Crippen molar-refractivity contribution in [1.82, 2.24) is 9.21 Å². The summed E-state index contributed by atoms with van der Waals surface area (Å²) in [6.07, 6.45) is 2.29. The van der Waals surface area contributed by atoms with Crippen LogP contribution in [-0.2, 0) is 14.8 Å². The highest BCUT2D eigenvalue weighted by molar-refractivity contribution is 7.89. The van der Waals surface area contributed by atoms with Crippen molar-refractivity contribution in [3.8, 4) is 11.5 Å². The van der Waals surface area contributed by atoms with Gasteiger partial charge in [-0.25, -0.2) is 8.42 Å². The van der Waals surface area contributed by atoms with E-state index in [1.807, 2.05) is 18.7 Å². The quantitative estimate of drug-likeness (QED) is 0.763. The molecule has 0 N–H and O–H groups in total. The lowest BCUT2D eigenvalue weighted by atomic mass is 9.94. The van der Waals surface area contributed by atoms with Gasteiger partial charge in [-0.1, -0.05) is 13.8 Å². The van der Waals surface area contributed by atoms with Gasteiger partial charge in [0.25, 0.3) is 0 Å². The van der Waals surface area contributed by atoms with Crippen molar-refractivity contribution in [1.29, 1.82) is 0 Å². The molecule has 28 heavy (non-hydrogen) atoms. The van der Waals surface area contributed by atoms with Gasteiger partial charge in [0, 0.05) is 38.2 Å². The molecule has 2 atom stereocenters. The molecule has 2 fully saturated rings. The first-order valence-corrected chi connectivity index (χ1v) is 11.5. The second-order valence-corrected chi connectivity index (χ2v) is 10.2. The molecule has 7 nitrogen and oxygen atoms in total. The highest BCUT2D eigenvalue weighted by Crippen LogP contribution is 2.37. The molecule has 0 radical (unpaired) electrons. The third kappa shape index (κ3) is 3.59. The fourth-order valence-electron chi connectivity index (χ4n) is 4.44. The second-order valence-electron chi connectivity index (χ2n) is 8.29. The van der Waals surface area contributed by atoms with Gasteiger partial charge in [-0.3, -0.25) is 4.79 Å². The van der Waals surface area contributed by atoms with Crippen molar-refractivity contribution in [2.75, 3.05) is 32.8 Å². The van der Waals surface area contributed by atoms with E-state index in [1.165, 1.54) is 0 Å². The molecule has 154 valence electrons. The lowest BCUT2D eigenvalue weighted by Gasteiger charge is -2.35. The van der Waals surface area contributed by atoms with Crippen LogP contribution in [0.5, 0.6) is 11.5 Å². The van der Waals surface area contributed by atoms with Gasteiger partial charge in [0.05, 0.1) is 4.90 Å². The van der Waals surface area contributed by atoms with Crippen LogP contribution in [0.4, 0.5) is 0 Å². The predicted molar refractivity (Wildman–Crippen MR) is 104 cm³/mol. The monoisotopic (exact) mass is 408 g/mol. The van der Waals surface area contributed by atoms with Crippen LogP contribution in [0.2, 0.25) is 0 Å². The summed E-state index contributed by atoms with van der Waals surface area (Å²) >= 11 is 0. The first-order valence-electron chi connectivity index (χ1n) is 10.1. The minimum absolute atomic E-state index is 0.126. The third-order valence-electron chi connectivity index (χ3n) is 5.79. The van der Waals surface area contributed by atoms with Crippen molar-refractivity contribution in [3.05, 3.63) is 18.2 Å². The van der Waals surface area contributed by atoms with Crippen molar-refractivity contribution >= 4 is 15.9 Å². The molecule has 1 aromatic rings. The molecular formula is C20H28N2O5S. The molecule has 1 aromatic carbocycles. The molecule has 2 saturated heterocycles. The summed E-state index contributed by atoms with van der Waals surface area (Å²) in [6.45, 7) is 6.57. The Morgan fingerprint density at radius 3 is 2.68 bits per heavy atom. The van der Waals surface area contributed by atoms with E-state index in [0.717, 1.165) is 12.8 Å². The Bertz CT molecular complexity index is 854. The van der Waals surface area contributed by atoms with Gasteiger partial charge < -0.3 is 14.4 Å². The molecule has 0 bridgehead atoms. The number of carbonyl (C=O) groups excluding carboxylic acids is 1. The van der Waals surface area contributed by atoms with Gasteiger partial charge in [-0.05, 0) is 36.8 Å². The summed E-state index contributed by atoms with van der Waals surface area (Å²) in [5.41, 5.74) is 0. The number of hydrogen-bond acceptors (Lipinski definition) is 5. The largest absolute Gasteiger partial charge is 0.486 e. The zero-order valence-electron chi connectivity index (χ0n) is 16.5. The number of amides is 1. The molecule has 0 aliphatic carbocycles. The number of likely N-dealkylation sites (tertiary alicyclic amines) is 1. The molecule has 3 heterocycles. The van der Waals surface area contributed by atoms with Crippen LogP contribution < -0.4 is 9.47 Å². The number of nitrogens with zero attached hydrogens (tertiary/aromatic N) is 2. The smallest absolute Gasteiger partial charge is 0.243 e. The summed E-state index contributed by atoms with van der Waals surface area (Å²) in [7, 11) is -3.66. The van der Waals surface area contributed by atoms with Gasteiger partial charge in [-0.15, -0.1) is 0 Å². The summed E-state index contributed by atoms with van der Waals surface area (Å²) < 4.78 is 39.5. The topological polar surface area (TPSA) is 76.2 Å². The number of benzene rings is 1. The van der Waals surface area contributed by atoms with E-state index >= 15 is 0 Å². The Kier molecular flexibility index (Phi) is 5.26. The van der Waals surface area contributed by atoms with E-state index in [2.05, 4.69) is 0 Å². The number of piperidine rings is 1. The Morgan fingerprint density at radius 2 is 1.93 bits per heavy atom. The second kappa shape index (κ2) is 7.55. The molecule has 3 aliphatic rings. The third-order valence-corrected chi connectivity index (χ3v) is 7.71. The molecule has 0 saturated carbocycles. The number of sulfonamides is 1. The van der Waals surface area contributed by atoms with Gasteiger partial charge in [0.1, 0.15) is 13.2 Å². The first-order chi connectivity index (χ1) is 13.4. The number of hydrogen-bond donors (Lipinski definition) is 0. The lowest BCUT2D eigenvalue weighted by molar-refractivity contribution is -0.131. The van der Waals surface area contributed by atoms with E-state index in [-0.39, 0.29) is 22.8 Å². The van der Waals surface area contributed by atoms with Crippen molar-refractivity contribution in [3.63, 3.8) is 0 Å². The average molecular weight is 409 g/mol. The minimum Gasteiger partial charge on any atom is -0.486 e. The van der Waals surface area contributed by atoms with Crippen molar-refractivity contribution < 1.29 is 22.7 Å². The molecule has 4 rings (SSSR count). The summed E-state index contributed by atoms with van der Waals surface area (Å²) in [4.78, 5) is 14.6. The Balaban J connectivity index is 1.57. The molecule has 0 unspecified atom stereocenters. The zero-order valence-corrected chi connectivity index (χ0v) is 17.3. The summed E-state index contributed by atoms with van der Waals surface area (Å²) in [6, 6.07) is 4.66. The molecule has 0 aromatic heterocycles. The first kappa shape index (κ1) is 19.5. The van der Waals surface area contributed by atoms with E-state index in [1.54, 1.807) is 22.5 Å². The predicted octanol–water partition coefficient (Wildman–Crippen LogP) is 2.12. The van der Waals surface area contributed by atoms with Crippen LogP contribution in [0, 0.1) is 11.8 Å². The maximum absolute atomic E-state index is 13.4. The van der Waals surface area contributed by atoms with Crippen LogP contribution in [0.1, 0.15) is 33.1 Å². The molecule has 8 heteroatoms. The van der Waals surface area contributed by atoms with Gasteiger partial charge in [0.2, 0.25) is 15.9 Å². The molecule has 1 amide bonds. The number of fused-ring (bicyclic) bond motifs is 2. The number of ether oxygens (including phenoxy) is 2. The fraction of sp³-hybridized carbons (Fsp3) is 0.650. The Labute approximate surface area is 166 Å². The van der Waals surface area contributed by atoms with Crippen LogP contribution in [0.3, 0.4) is 0 Å². The normalized spacial score (nSPS) is 25.0. The fourth-order valence-corrected chi connectivity index (χ4v) is 6.17. The van der Waals surface area contributed by atoms with Gasteiger partial charge in [0.15, 0.2) is 11.5 Å². The van der Waals surface area contributed by atoms with Crippen LogP contribution >= 0.6 is 0 Å². The van der Waals surface area contributed by atoms with Crippen LogP contribution in [0.25, 0.3) is 0 Å². The maximum atomic E-state index is 13.4. The van der Waals surface area contributed by atoms with Crippen molar-refractivity contribution in [2.45, 2.75) is 44.0 Å². The molecular weight excluding hydrogens is 380 g/mol. The lowest BCUT2D eigenvalue weighted by Crippen LogP contribution is -2.48. The average Bonchev–Trinajstić information content (AvgIpc) is 3.11. The van der Waals surface area contributed by atoms with Crippen LogP contribution in [-0.4, -0.2) is 62.4 Å². The molecule has 3 aliphatic heterocycles.